The van der Waals surface area contributed by atoms with E-state index < -0.39 is 6.09 Å². The van der Waals surface area contributed by atoms with E-state index in [9.17, 15) is 19.8 Å². The third kappa shape index (κ3) is 6.61. The zero-order valence-corrected chi connectivity index (χ0v) is 27.9. The van der Waals surface area contributed by atoms with Crippen LogP contribution in [0.15, 0.2) is 54.9 Å². The minimum atomic E-state index is -1.16. The average molecular weight is 694 g/mol. The number of carboxylic acid groups (broad SMARTS) is 1. The molecule has 2 aromatic heterocycles. The quantitative estimate of drug-likeness (QED) is 0.196. The first-order valence-electron chi connectivity index (χ1n) is 15.2. The van der Waals surface area contributed by atoms with Crippen LogP contribution in [0.5, 0.6) is 11.6 Å². The number of nitrogens with zero attached hydrogens (tertiary/aromatic N) is 5. The van der Waals surface area contributed by atoms with Crippen LogP contribution >= 0.6 is 23.2 Å². The standard InChI is InChI=1S/C34H34Cl2N6O6/c1-47-26-12-20(6-7-21(26)14-41-17-34(18-41)13-27(44)37-16-34)30-29(36)31(39-19-38-30)24-5-3-4-23(28(24)35)25-9-8-22(32(40-25)48-2)15-42(10-11-43)33(45)46/h3-9,12,19,43H,10-11,13-18H2,1-2H3,(H,37,44)(H,45,46). The molecule has 3 N–H and O–H groups in total. The number of carbonyl (C=O) groups is 2. The van der Waals surface area contributed by atoms with E-state index >= 15 is 0 Å². The third-order valence-electron chi connectivity index (χ3n) is 8.72. The van der Waals surface area contributed by atoms with Gasteiger partial charge in [-0.2, -0.15) is 0 Å². The van der Waals surface area contributed by atoms with Gasteiger partial charge >= 0.3 is 6.09 Å². The number of aliphatic hydroxyl groups excluding tert-OH is 1. The predicted molar refractivity (Wildman–Crippen MR) is 180 cm³/mol. The number of nitrogens with one attached hydrogen (secondary N) is 1. The van der Waals surface area contributed by atoms with Crippen molar-refractivity contribution in [3.8, 4) is 45.4 Å². The van der Waals surface area contributed by atoms with Gasteiger partial charge in [0.25, 0.3) is 0 Å². The lowest BCUT2D eigenvalue weighted by atomic mass is 9.79. The molecule has 2 saturated heterocycles. The lowest BCUT2D eigenvalue weighted by molar-refractivity contribution is -0.120. The van der Waals surface area contributed by atoms with Crippen molar-refractivity contribution in [1.82, 2.24) is 30.1 Å². The summed E-state index contributed by atoms with van der Waals surface area (Å²) < 4.78 is 11.2. The molecular weight excluding hydrogens is 659 g/mol. The molecular formula is C34H34Cl2N6O6. The lowest BCUT2D eigenvalue weighted by Gasteiger charge is -2.47. The summed E-state index contributed by atoms with van der Waals surface area (Å²) in [6.07, 6.45) is 0.854. The molecule has 2 aliphatic rings. The predicted octanol–water partition coefficient (Wildman–Crippen LogP) is 4.99. The molecule has 2 fully saturated rings. The number of carbonyl (C=O) groups excluding carboxylic acids is 1. The zero-order valence-electron chi connectivity index (χ0n) is 26.4. The molecule has 2 aromatic carbocycles. The summed E-state index contributed by atoms with van der Waals surface area (Å²) in [5.41, 5.74) is 4.97. The van der Waals surface area contributed by atoms with Crippen LogP contribution in [0.3, 0.4) is 0 Å². The van der Waals surface area contributed by atoms with Gasteiger partial charge in [-0.05, 0) is 18.2 Å². The Balaban J connectivity index is 1.26. The van der Waals surface area contributed by atoms with E-state index in [-0.39, 0.29) is 36.9 Å². The Bertz CT molecular complexity index is 1870. The molecule has 0 aliphatic carbocycles. The SMILES string of the molecule is COc1cc(-c2ncnc(-c3cccc(-c4ccc(CN(CCO)C(=O)O)c(OC)n4)c3Cl)c2Cl)ccc1CN1CC2(CNC(=O)C2)C1. The van der Waals surface area contributed by atoms with Crippen LogP contribution < -0.4 is 14.8 Å². The van der Waals surface area contributed by atoms with Gasteiger partial charge in [-0.25, -0.2) is 19.7 Å². The van der Waals surface area contributed by atoms with E-state index in [4.69, 9.17) is 32.7 Å². The molecule has 2 aliphatic heterocycles. The fourth-order valence-corrected chi connectivity index (χ4v) is 7.03. The van der Waals surface area contributed by atoms with Crippen molar-refractivity contribution in [3.05, 3.63) is 76.0 Å². The largest absolute Gasteiger partial charge is 0.496 e. The monoisotopic (exact) mass is 692 g/mol. The molecule has 2 amide bonds. The van der Waals surface area contributed by atoms with Gasteiger partial charge in [-0.15, -0.1) is 0 Å². The smallest absolute Gasteiger partial charge is 0.407 e. The van der Waals surface area contributed by atoms with Crippen LogP contribution in [-0.4, -0.2) is 94.0 Å². The van der Waals surface area contributed by atoms with E-state index in [0.717, 1.165) is 35.7 Å². The fourth-order valence-electron chi connectivity index (χ4n) is 6.41. The number of rotatable bonds is 11. The van der Waals surface area contributed by atoms with Gasteiger partial charge in [0.15, 0.2) is 0 Å². The van der Waals surface area contributed by atoms with Gasteiger partial charge < -0.3 is 29.9 Å². The van der Waals surface area contributed by atoms with Gasteiger partial charge in [0, 0.05) is 72.4 Å². The number of methoxy groups -OCH3 is 2. The summed E-state index contributed by atoms with van der Waals surface area (Å²) in [4.78, 5) is 40.3. The molecule has 14 heteroatoms. The van der Waals surface area contributed by atoms with E-state index in [2.05, 4.69) is 25.2 Å². The molecule has 0 saturated carbocycles. The minimum Gasteiger partial charge on any atom is -0.496 e. The maximum atomic E-state index is 11.7. The van der Waals surface area contributed by atoms with Gasteiger partial charge in [-0.1, -0.05) is 53.5 Å². The van der Waals surface area contributed by atoms with Gasteiger partial charge in [-0.3, -0.25) is 9.69 Å². The van der Waals surface area contributed by atoms with Crippen molar-refractivity contribution in [2.45, 2.75) is 19.5 Å². The van der Waals surface area contributed by atoms with Gasteiger partial charge in [0.1, 0.15) is 12.1 Å². The summed E-state index contributed by atoms with van der Waals surface area (Å²) in [5.74, 6) is 1.06. The maximum absolute atomic E-state index is 11.7. The first-order valence-corrected chi connectivity index (χ1v) is 16.0. The normalized spacial score (nSPS) is 15.2. The summed E-state index contributed by atoms with van der Waals surface area (Å²) in [5, 5.41) is 22.3. The lowest BCUT2D eigenvalue weighted by Crippen LogP contribution is -2.56. The van der Waals surface area contributed by atoms with E-state index in [0.29, 0.717) is 62.5 Å². The number of ether oxygens (including phenoxy) is 2. The van der Waals surface area contributed by atoms with Crippen molar-refractivity contribution in [1.29, 1.82) is 0 Å². The molecule has 250 valence electrons. The average Bonchev–Trinajstić information content (AvgIpc) is 3.46. The van der Waals surface area contributed by atoms with Crippen molar-refractivity contribution in [3.63, 3.8) is 0 Å². The van der Waals surface area contributed by atoms with Crippen LogP contribution in [0.25, 0.3) is 33.8 Å². The second-order valence-electron chi connectivity index (χ2n) is 12.0. The number of hydrogen-bond donors (Lipinski definition) is 3. The molecule has 4 aromatic rings. The Morgan fingerprint density at radius 1 is 1.02 bits per heavy atom. The zero-order chi connectivity index (χ0) is 34.0. The Hall–Kier alpha value is -4.49. The highest BCUT2D eigenvalue weighted by molar-refractivity contribution is 6.38. The number of halogens is 2. The molecule has 12 nitrogen and oxygen atoms in total. The van der Waals surface area contributed by atoms with Crippen molar-refractivity contribution in [2.75, 3.05) is 47.0 Å². The number of benzene rings is 2. The molecule has 6 rings (SSSR count). The van der Waals surface area contributed by atoms with Crippen molar-refractivity contribution >= 4 is 35.2 Å². The maximum Gasteiger partial charge on any atom is 0.407 e. The number of aliphatic hydroxyl groups is 1. The van der Waals surface area contributed by atoms with Gasteiger partial charge in [0.2, 0.25) is 11.8 Å². The number of amides is 2. The third-order valence-corrected chi connectivity index (χ3v) is 9.49. The number of aromatic nitrogens is 3. The highest BCUT2D eigenvalue weighted by Crippen LogP contribution is 2.42. The Kier molecular flexibility index (Phi) is 9.70. The van der Waals surface area contributed by atoms with Crippen LogP contribution in [0.4, 0.5) is 4.79 Å². The highest BCUT2D eigenvalue weighted by Gasteiger charge is 2.47. The second kappa shape index (κ2) is 13.9. The Morgan fingerprint density at radius 2 is 1.77 bits per heavy atom. The van der Waals surface area contributed by atoms with E-state index in [1.54, 1.807) is 19.2 Å². The van der Waals surface area contributed by atoms with Crippen molar-refractivity contribution in [2.24, 2.45) is 5.41 Å². The minimum absolute atomic E-state index is 0.00988. The first-order chi connectivity index (χ1) is 23.1. The Labute approximate surface area is 287 Å². The molecule has 48 heavy (non-hydrogen) atoms. The number of pyridine rings is 1. The molecule has 0 radical (unpaired) electrons. The molecule has 1 spiro atoms. The summed E-state index contributed by atoms with van der Waals surface area (Å²) in [7, 11) is 3.08. The second-order valence-corrected chi connectivity index (χ2v) is 12.7. The summed E-state index contributed by atoms with van der Waals surface area (Å²) in [6, 6.07) is 14.8. The molecule has 0 unspecified atom stereocenters. The van der Waals surface area contributed by atoms with E-state index in [1.807, 2.05) is 36.4 Å². The van der Waals surface area contributed by atoms with Crippen LogP contribution in [0.2, 0.25) is 10.0 Å². The van der Waals surface area contributed by atoms with E-state index in [1.165, 1.54) is 13.4 Å². The van der Waals surface area contributed by atoms with Crippen LogP contribution in [0.1, 0.15) is 17.5 Å². The van der Waals surface area contributed by atoms with Gasteiger partial charge in [0.05, 0.1) is 54.5 Å². The number of hydrogen-bond acceptors (Lipinski definition) is 9. The topological polar surface area (TPSA) is 150 Å². The number of likely N-dealkylation sites (tertiary alicyclic amines) is 1. The summed E-state index contributed by atoms with van der Waals surface area (Å²) in [6.45, 7) is 2.78. The van der Waals surface area contributed by atoms with Crippen molar-refractivity contribution < 1.29 is 29.3 Å². The Morgan fingerprint density at radius 3 is 2.46 bits per heavy atom. The first kappa shape index (κ1) is 33.4. The van der Waals surface area contributed by atoms with Crippen LogP contribution in [-0.2, 0) is 17.9 Å². The summed E-state index contributed by atoms with van der Waals surface area (Å²) >= 11 is 14.0. The van der Waals surface area contributed by atoms with Crippen LogP contribution in [0, 0.1) is 5.41 Å². The molecule has 0 bridgehead atoms. The molecule has 4 heterocycles. The highest BCUT2D eigenvalue weighted by atomic mass is 35.5. The fraction of sp³-hybridized carbons (Fsp3) is 0.324. The molecule has 0 atom stereocenters.